The van der Waals surface area contributed by atoms with Crippen LogP contribution in [0.1, 0.15) is 26.7 Å². The zero-order valence-electron chi connectivity index (χ0n) is 12.4. The highest BCUT2D eigenvalue weighted by molar-refractivity contribution is 5.79. The minimum atomic E-state index is -7.22. The first kappa shape index (κ1) is 23.7. The fraction of sp³-hybridized carbons (Fsp3) is 0.909. The maximum Gasteiger partial charge on any atom is 0.462 e. The fourth-order valence-corrected chi connectivity index (χ4v) is 1.34. The van der Waals surface area contributed by atoms with E-state index in [2.05, 4.69) is 9.47 Å². The Morgan fingerprint density at radius 1 is 0.880 bits per heavy atom. The van der Waals surface area contributed by atoms with Gasteiger partial charge < -0.3 is 4.74 Å². The maximum absolute atomic E-state index is 13.7. The summed E-state index contributed by atoms with van der Waals surface area (Å²) in [6.45, 7) is 2.34. The Morgan fingerprint density at radius 3 is 1.64 bits per heavy atom. The minimum Gasteiger partial charge on any atom is -0.458 e. The number of rotatable bonds is 7. The van der Waals surface area contributed by atoms with Crippen molar-refractivity contribution in [2.24, 2.45) is 0 Å². The van der Waals surface area contributed by atoms with Gasteiger partial charge in [0.1, 0.15) is 0 Å². The molecule has 2 atom stereocenters. The molecule has 0 aromatic heterocycles. The van der Waals surface area contributed by atoms with Crippen molar-refractivity contribution in [1.82, 2.24) is 0 Å². The predicted molar refractivity (Wildman–Crippen MR) is 57.4 cm³/mol. The third-order valence-electron chi connectivity index (χ3n) is 2.62. The molecule has 0 radical (unpaired) electrons. The van der Waals surface area contributed by atoms with Crippen molar-refractivity contribution in [3.8, 4) is 0 Å². The lowest BCUT2D eigenvalue weighted by molar-refractivity contribution is -0.475. The van der Waals surface area contributed by atoms with Gasteiger partial charge in [0.05, 0.1) is 6.10 Å². The Hall–Kier alpha value is -1.34. The molecule has 0 fully saturated rings. The molecule has 3 nitrogen and oxygen atoms in total. The maximum atomic E-state index is 13.7. The molecule has 0 heterocycles. The molecule has 0 rings (SSSR count). The molecule has 0 amide bonds. The van der Waals surface area contributed by atoms with Crippen LogP contribution in [0.25, 0.3) is 0 Å². The zero-order valence-corrected chi connectivity index (χ0v) is 12.4. The van der Waals surface area contributed by atoms with Crippen LogP contribution in [0, 0.1) is 0 Å². The minimum absolute atomic E-state index is 0.170. The summed E-state index contributed by atoms with van der Waals surface area (Å²) in [4.78, 5) is 11.1. The van der Waals surface area contributed by atoms with Crippen molar-refractivity contribution >= 4 is 5.97 Å². The Bertz CT molecular complexity index is 471. The van der Waals surface area contributed by atoms with E-state index in [9.17, 15) is 53.1 Å². The monoisotopic (exact) mass is 400 g/mol. The second-order valence-electron chi connectivity index (χ2n) is 4.79. The number of alkyl halides is 11. The van der Waals surface area contributed by atoms with E-state index in [1.165, 1.54) is 6.92 Å². The molecule has 0 spiro atoms. The lowest BCUT2D eigenvalue weighted by Crippen LogP contribution is -2.62. The van der Waals surface area contributed by atoms with E-state index >= 15 is 0 Å². The van der Waals surface area contributed by atoms with E-state index in [0.717, 1.165) is 6.92 Å². The van der Waals surface area contributed by atoms with Crippen LogP contribution in [-0.2, 0) is 14.3 Å². The number of hydrogen-bond donors (Lipinski definition) is 0. The first-order valence-corrected chi connectivity index (χ1v) is 6.32. The molecule has 14 heteroatoms. The summed E-state index contributed by atoms with van der Waals surface area (Å²) in [5, 5.41) is 0. The van der Waals surface area contributed by atoms with Crippen molar-refractivity contribution in [1.29, 1.82) is 0 Å². The highest BCUT2D eigenvalue weighted by atomic mass is 19.4. The van der Waals surface area contributed by atoms with E-state index in [1.54, 1.807) is 0 Å². The van der Waals surface area contributed by atoms with Crippen LogP contribution in [0.4, 0.5) is 48.3 Å². The van der Waals surface area contributed by atoms with Gasteiger partial charge in [0, 0.05) is 0 Å². The Balaban J connectivity index is 5.81. The van der Waals surface area contributed by atoms with Crippen LogP contribution in [0.2, 0.25) is 0 Å². The topological polar surface area (TPSA) is 35.5 Å². The highest BCUT2D eigenvalue weighted by Crippen LogP contribution is 2.51. The summed E-state index contributed by atoms with van der Waals surface area (Å²) in [7, 11) is 0. The van der Waals surface area contributed by atoms with Crippen LogP contribution in [0.3, 0.4) is 0 Å². The van der Waals surface area contributed by atoms with E-state index < -0.39 is 42.3 Å². The normalized spacial score (nSPS) is 17.8. The van der Waals surface area contributed by atoms with E-state index in [1.807, 2.05) is 0 Å². The van der Waals surface area contributed by atoms with E-state index in [-0.39, 0.29) is 12.8 Å². The molecular weight excluding hydrogens is 389 g/mol. The van der Waals surface area contributed by atoms with Crippen LogP contribution in [0.5, 0.6) is 0 Å². The number of carbonyl (C=O) groups is 1. The van der Waals surface area contributed by atoms with Gasteiger partial charge in [-0.05, 0) is 13.3 Å². The number of hydrogen-bond acceptors (Lipinski definition) is 3. The van der Waals surface area contributed by atoms with Gasteiger partial charge in [0.15, 0.2) is 0 Å². The van der Waals surface area contributed by atoms with Crippen molar-refractivity contribution in [2.75, 3.05) is 0 Å². The number of esters is 1. The van der Waals surface area contributed by atoms with Crippen molar-refractivity contribution in [3.05, 3.63) is 0 Å². The third kappa shape index (κ3) is 4.85. The second-order valence-corrected chi connectivity index (χ2v) is 4.79. The Morgan fingerprint density at radius 2 is 1.32 bits per heavy atom. The number of carbonyl (C=O) groups excluding carboxylic acids is 1. The predicted octanol–water partition coefficient (Wildman–Crippen LogP) is 4.75. The molecular formula is C11H11F11O3. The third-order valence-corrected chi connectivity index (χ3v) is 2.62. The summed E-state index contributed by atoms with van der Waals surface area (Å²) in [5.41, 5.74) is 0. The lowest BCUT2D eigenvalue weighted by atomic mass is 10.2. The van der Waals surface area contributed by atoms with Gasteiger partial charge in [-0.25, -0.2) is 4.79 Å². The van der Waals surface area contributed by atoms with Crippen LogP contribution in [0.15, 0.2) is 0 Å². The highest BCUT2D eigenvalue weighted by Gasteiger charge is 2.80. The summed E-state index contributed by atoms with van der Waals surface area (Å²) >= 11 is 0. The van der Waals surface area contributed by atoms with Crippen molar-refractivity contribution < 1.29 is 62.6 Å². The molecule has 0 aliphatic carbocycles. The summed E-state index contributed by atoms with van der Waals surface area (Å²) < 4.78 is 144. The van der Waals surface area contributed by atoms with Crippen LogP contribution >= 0.6 is 0 Å². The van der Waals surface area contributed by atoms with E-state index in [4.69, 9.17) is 0 Å². The summed E-state index contributed by atoms with van der Waals surface area (Å²) in [6.07, 6.45) is -22.4. The van der Waals surface area contributed by atoms with E-state index in [0.29, 0.717) is 0 Å². The van der Waals surface area contributed by atoms with Gasteiger partial charge in [-0.1, -0.05) is 13.3 Å². The number of halogens is 11. The largest absolute Gasteiger partial charge is 0.462 e. The fourth-order valence-electron chi connectivity index (χ4n) is 1.34. The van der Waals surface area contributed by atoms with Gasteiger partial charge in [-0.2, -0.15) is 48.3 Å². The molecule has 0 aromatic rings. The molecule has 0 aliphatic heterocycles. The number of ether oxygens (including phenoxy) is 2. The van der Waals surface area contributed by atoms with Crippen molar-refractivity contribution in [3.63, 3.8) is 0 Å². The van der Waals surface area contributed by atoms with Gasteiger partial charge >= 0.3 is 36.2 Å². The molecule has 2 unspecified atom stereocenters. The molecule has 0 saturated heterocycles. The standard InChI is InChI=1S/C11H11F11O3/c1-3-4-5(2)24-6(23)7(12,9(15,16)17)25-11(21,22)8(13,14)10(18,19)20/h5H,3-4H2,1-2H3. The van der Waals surface area contributed by atoms with Gasteiger partial charge in [0.25, 0.3) is 0 Å². The van der Waals surface area contributed by atoms with Crippen LogP contribution < -0.4 is 0 Å². The van der Waals surface area contributed by atoms with Gasteiger partial charge in [0.2, 0.25) is 0 Å². The summed E-state index contributed by atoms with van der Waals surface area (Å²) in [6, 6.07) is 0. The molecule has 0 saturated carbocycles. The molecule has 150 valence electrons. The van der Waals surface area contributed by atoms with Crippen molar-refractivity contribution in [2.45, 2.75) is 63.0 Å². The zero-order chi connectivity index (χ0) is 20.5. The molecule has 0 bridgehead atoms. The first-order valence-electron chi connectivity index (χ1n) is 6.32. The Kier molecular flexibility index (Phi) is 6.73. The average molecular weight is 400 g/mol. The molecule has 0 aromatic carbocycles. The van der Waals surface area contributed by atoms with Crippen LogP contribution in [-0.4, -0.2) is 42.3 Å². The van der Waals surface area contributed by atoms with Gasteiger partial charge in [-0.3, -0.25) is 4.74 Å². The Labute approximate surface area is 133 Å². The first-order chi connectivity index (χ1) is 10.8. The molecule has 0 N–H and O–H groups in total. The van der Waals surface area contributed by atoms with Gasteiger partial charge in [-0.15, -0.1) is 0 Å². The molecule has 0 aliphatic rings. The average Bonchev–Trinajstić information content (AvgIpc) is 2.35. The quantitative estimate of drug-likeness (QED) is 0.457. The SMILES string of the molecule is CCCC(C)OC(=O)C(F)(OC(F)(F)C(F)(F)C(F)(F)F)C(F)(F)F. The second kappa shape index (κ2) is 7.11. The smallest absolute Gasteiger partial charge is 0.458 e. The summed E-state index contributed by atoms with van der Waals surface area (Å²) in [5.74, 6) is -16.7. The molecule has 25 heavy (non-hydrogen) atoms. The lowest BCUT2D eigenvalue weighted by Gasteiger charge is -2.34.